The minimum Gasteiger partial charge on any atom is -0.492 e. The summed E-state index contributed by atoms with van der Waals surface area (Å²) in [5.41, 5.74) is 2.60. The Morgan fingerprint density at radius 1 is 0.781 bits per heavy atom. The van der Waals surface area contributed by atoms with Crippen LogP contribution in [-0.2, 0) is 6.61 Å². The second kappa shape index (κ2) is 11.1. The van der Waals surface area contributed by atoms with Crippen LogP contribution in [0.25, 0.3) is 0 Å². The zero-order chi connectivity index (χ0) is 22.2. The summed E-state index contributed by atoms with van der Waals surface area (Å²) in [5.74, 6) is 2.03. The summed E-state index contributed by atoms with van der Waals surface area (Å²) >= 11 is 0. The number of nitrogens with zero attached hydrogens (tertiary/aromatic N) is 1. The van der Waals surface area contributed by atoms with Gasteiger partial charge in [0.05, 0.1) is 0 Å². The van der Waals surface area contributed by atoms with E-state index in [1.54, 1.807) is 12.1 Å². The Hall–Kier alpha value is -2.85. The van der Waals surface area contributed by atoms with Gasteiger partial charge >= 0.3 is 0 Å². The summed E-state index contributed by atoms with van der Waals surface area (Å²) < 4.78 is 24.7. The molecule has 0 atom stereocenters. The van der Waals surface area contributed by atoms with E-state index in [2.05, 4.69) is 48.3 Å². The molecule has 3 aromatic carbocycles. The lowest BCUT2D eigenvalue weighted by atomic mass is 9.81. The van der Waals surface area contributed by atoms with Gasteiger partial charge in [-0.15, -0.1) is 0 Å². The van der Waals surface area contributed by atoms with E-state index in [0.29, 0.717) is 25.2 Å². The largest absolute Gasteiger partial charge is 0.492 e. The highest BCUT2D eigenvalue weighted by molar-refractivity contribution is 5.30. The van der Waals surface area contributed by atoms with Crippen molar-refractivity contribution in [2.75, 3.05) is 20.2 Å². The number of rotatable bonds is 9. The fourth-order valence-corrected chi connectivity index (χ4v) is 4.45. The molecule has 4 rings (SSSR count). The molecule has 0 spiro atoms. The van der Waals surface area contributed by atoms with Gasteiger partial charge in [-0.25, -0.2) is 4.39 Å². The predicted molar refractivity (Wildman–Crippen MR) is 127 cm³/mol. The highest BCUT2D eigenvalue weighted by Gasteiger charge is 2.24. The monoisotopic (exact) mass is 433 g/mol. The number of halogens is 1. The molecular weight excluding hydrogens is 401 g/mol. The van der Waals surface area contributed by atoms with Gasteiger partial charge in [0.15, 0.2) is 0 Å². The first-order valence-electron chi connectivity index (χ1n) is 11.5. The Bertz CT molecular complexity index is 935. The van der Waals surface area contributed by atoms with E-state index < -0.39 is 0 Å². The lowest BCUT2D eigenvalue weighted by Crippen LogP contribution is -2.37. The predicted octanol–water partition coefficient (Wildman–Crippen LogP) is 6.44. The normalized spacial score (nSPS) is 18.5. The van der Waals surface area contributed by atoms with E-state index in [4.69, 9.17) is 9.47 Å². The number of benzene rings is 3. The molecule has 0 N–H and O–H groups in total. The molecule has 1 aliphatic carbocycles. The third-order valence-corrected chi connectivity index (χ3v) is 6.45. The molecule has 0 heterocycles. The number of hydrogen-bond donors (Lipinski definition) is 0. The summed E-state index contributed by atoms with van der Waals surface area (Å²) in [6.45, 7) is 2.09. The molecule has 4 heteroatoms. The lowest BCUT2D eigenvalue weighted by Gasteiger charge is -2.34. The van der Waals surface area contributed by atoms with Gasteiger partial charge in [0.25, 0.3) is 0 Å². The first-order chi connectivity index (χ1) is 15.7. The van der Waals surface area contributed by atoms with E-state index >= 15 is 0 Å². The van der Waals surface area contributed by atoms with Crippen LogP contribution in [0.4, 0.5) is 4.39 Å². The SMILES string of the molecule is CN(CCOc1ccc(F)cc1)C1CCC(c2ccc(OCc3ccccc3)cc2)CC1. The first-order valence-corrected chi connectivity index (χ1v) is 11.5. The average molecular weight is 434 g/mol. The maximum atomic E-state index is 13.0. The summed E-state index contributed by atoms with van der Waals surface area (Å²) in [4.78, 5) is 2.40. The van der Waals surface area contributed by atoms with Crippen molar-refractivity contribution in [3.63, 3.8) is 0 Å². The second-order valence-corrected chi connectivity index (χ2v) is 8.63. The molecular formula is C28H32FNO2. The lowest BCUT2D eigenvalue weighted by molar-refractivity contribution is 0.154. The van der Waals surface area contributed by atoms with Crippen LogP contribution in [0.5, 0.6) is 11.5 Å². The van der Waals surface area contributed by atoms with Crippen LogP contribution in [0.2, 0.25) is 0 Å². The molecule has 0 bridgehead atoms. The van der Waals surface area contributed by atoms with Crippen LogP contribution in [0.3, 0.4) is 0 Å². The van der Waals surface area contributed by atoms with Crippen LogP contribution in [0.15, 0.2) is 78.9 Å². The molecule has 0 saturated heterocycles. The maximum Gasteiger partial charge on any atom is 0.123 e. The van der Waals surface area contributed by atoms with Crippen molar-refractivity contribution in [2.24, 2.45) is 0 Å². The molecule has 1 aliphatic rings. The molecule has 1 saturated carbocycles. The van der Waals surface area contributed by atoms with Crippen LogP contribution in [0.1, 0.15) is 42.7 Å². The highest BCUT2D eigenvalue weighted by atomic mass is 19.1. The van der Waals surface area contributed by atoms with Crippen molar-refractivity contribution in [3.05, 3.63) is 95.8 Å². The smallest absolute Gasteiger partial charge is 0.123 e. The van der Waals surface area contributed by atoms with Crippen molar-refractivity contribution in [1.82, 2.24) is 4.90 Å². The van der Waals surface area contributed by atoms with E-state index in [1.807, 2.05) is 18.2 Å². The summed E-state index contributed by atoms with van der Waals surface area (Å²) in [5, 5.41) is 0. The molecule has 0 unspecified atom stereocenters. The van der Waals surface area contributed by atoms with Crippen LogP contribution >= 0.6 is 0 Å². The van der Waals surface area contributed by atoms with E-state index in [-0.39, 0.29) is 5.82 Å². The Kier molecular flexibility index (Phi) is 7.78. The second-order valence-electron chi connectivity index (χ2n) is 8.63. The van der Waals surface area contributed by atoms with Crippen molar-refractivity contribution in [1.29, 1.82) is 0 Å². The molecule has 0 aliphatic heterocycles. The zero-order valence-corrected chi connectivity index (χ0v) is 18.8. The van der Waals surface area contributed by atoms with Crippen molar-refractivity contribution < 1.29 is 13.9 Å². The van der Waals surface area contributed by atoms with Gasteiger partial charge in [0, 0.05) is 12.6 Å². The van der Waals surface area contributed by atoms with Crippen molar-refractivity contribution in [3.8, 4) is 11.5 Å². The molecule has 0 radical (unpaired) electrons. The van der Waals surface area contributed by atoms with E-state index in [9.17, 15) is 4.39 Å². The van der Waals surface area contributed by atoms with Gasteiger partial charge in [-0.05, 0) is 86.2 Å². The van der Waals surface area contributed by atoms with E-state index in [1.165, 1.54) is 48.9 Å². The van der Waals surface area contributed by atoms with Gasteiger partial charge < -0.3 is 14.4 Å². The fourth-order valence-electron chi connectivity index (χ4n) is 4.45. The topological polar surface area (TPSA) is 21.7 Å². The van der Waals surface area contributed by atoms with Gasteiger partial charge in [-0.2, -0.15) is 0 Å². The zero-order valence-electron chi connectivity index (χ0n) is 18.8. The summed E-state index contributed by atoms with van der Waals surface area (Å²) in [6.07, 6.45) is 4.81. The highest BCUT2D eigenvalue weighted by Crippen LogP contribution is 2.35. The third-order valence-electron chi connectivity index (χ3n) is 6.45. The summed E-state index contributed by atoms with van der Waals surface area (Å²) in [7, 11) is 2.18. The molecule has 0 amide bonds. The maximum absolute atomic E-state index is 13.0. The molecule has 1 fully saturated rings. The quantitative estimate of drug-likeness (QED) is 0.387. The van der Waals surface area contributed by atoms with Crippen LogP contribution in [0, 0.1) is 5.82 Å². The Morgan fingerprint density at radius 2 is 1.41 bits per heavy atom. The Labute approximate surface area is 190 Å². The standard InChI is InChI=1S/C28H32FNO2/c1-30(19-20-31-27-17-11-25(29)12-18-27)26-13-7-23(8-14-26)24-9-15-28(16-10-24)32-21-22-5-3-2-4-6-22/h2-6,9-12,15-18,23,26H,7-8,13-14,19-21H2,1H3. The van der Waals surface area contributed by atoms with Crippen molar-refractivity contribution >= 4 is 0 Å². The van der Waals surface area contributed by atoms with E-state index in [0.717, 1.165) is 18.0 Å². The minimum absolute atomic E-state index is 0.236. The van der Waals surface area contributed by atoms with Gasteiger partial charge in [0.2, 0.25) is 0 Å². The third kappa shape index (κ3) is 6.33. The number of hydrogen-bond acceptors (Lipinski definition) is 3. The van der Waals surface area contributed by atoms with Gasteiger partial charge in [-0.1, -0.05) is 42.5 Å². The Balaban J connectivity index is 1.18. The fraction of sp³-hybridized carbons (Fsp3) is 0.357. The molecule has 32 heavy (non-hydrogen) atoms. The molecule has 168 valence electrons. The molecule has 0 aromatic heterocycles. The molecule has 3 nitrogen and oxygen atoms in total. The van der Waals surface area contributed by atoms with Gasteiger partial charge in [-0.3, -0.25) is 0 Å². The number of likely N-dealkylation sites (N-methyl/N-ethyl adjacent to an activating group) is 1. The van der Waals surface area contributed by atoms with Crippen LogP contribution in [-0.4, -0.2) is 31.1 Å². The van der Waals surface area contributed by atoms with Crippen molar-refractivity contribution in [2.45, 2.75) is 44.2 Å². The molecule has 3 aromatic rings. The Morgan fingerprint density at radius 3 is 2.09 bits per heavy atom. The average Bonchev–Trinajstić information content (AvgIpc) is 2.85. The first kappa shape index (κ1) is 22.3. The summed E-state index contributed by atoms with van der Waals surface area (Å²) in [6, 6.07) is 25.7. The van der Waals surface area contributed by atoms with Gasteiger partial charge in [0.1, 0.15) is 30.5 Å². The van der Waals surface area contributed by atoms with Crippen LogP contribution < -0.4 is 9.47 Å². The minimum atomic E-state index is -0.236. The number of ether oxygens (including phenoxy) is 2.